The van der Waals surface area contributed by atoms with Crippen molar-refractivity contribution in [1.82, 2.24) is 5.32 Å². The number of carbonyl (C=O) groups is 2. The summed E-state index contributed by atoms with van der Waals surface area (Å²) in [6.45, 7) is 5.47. The van der Waals surface area contributed by atoms with Gasteiger partial charge in [0.2, 0.25) is 0 Å². The van der Waals surface area contributed by atoms with E-state index in [9.17, 15) is 9.59 Å². The van der Waals surface area contributed by atoms with Crippen LogP contribution < -0.4 is 5.32 Å². The molecule has 0 saturated carbocycles. The van der Waals surface area contributed by atoms with Crippen LogP contribution in [0.2, 0.25) is 0 Å². The first-order valence-corrected chi connectivity index (χ1v) is 11.5. The third-order valence-corrected chi connectivity index (χ3v) is 5.67. The zero-order valence-corrected chi connectivity index (χ0v) is 20.3. The zero-order chi connectivity index (χ0) is 24.6. The Balaban J connectivity index is 2.09. The summed E-state index contributed by atoms with van der Waals surface area (Å²) in [6, 6.07) is 28.6. The van der Waals surface area contributed by atoms with E-state index in [1.807, 2.05) is 112 Å². The highest BCUT2D eigenvalue weighted by Gasteiger charge is 2.45. The van der Waals surface area contributed by atoms with Gasteiger partial charge in [-0.25, -0.2) is 4.79 Å². The third-order valence-electron chi connectivity index (χ3n) is 5.67. The lowest BCUT2D eigenvalue weighted by molar-refractivity contribution is -0.146. The average molecular weight is 460 g/mol. The van der Waals surface area contributed by atoms with Crippen LogP contribution in [0.5, 0.6) is 0 Å². The topological polar surface area (TPSA) is 64.6 Å². The fourth-order valence-electron chi connectivity index (χ4n) is 4.26. The van der Waals surface area contributed by atoms with Gasteiger partial charge in [0.1, 0.15) is 11.0 Å². The molecule has 0 aliphatic heterocycles. The fraction of sp³-hybridized carbons (Fsp3) is 0.310. The van der Waals surface area contributed by atoms with Crippen molar-refractivity contribution < 1.29 is 19.1 Å². The molecule has 0 aliphatic rings. The Morgan fingerprint density at radius 2 is 1.26 bits per heavy atom. The molecule has 3 rings (SSSR count). The van der Waals surface area contributed by atoms with Gasteiger partial charge in [0.25, 0.3) is 0 Å². The molecule has 5 heteroatoms. The van der Waals surface area contributed by atoms with Gasteiger partial charge >= 0.3 is 12.1 Å². The zero-order valence-electron chi connectivity index (χ0n) is 20.3. The predicted molar refractivity (Wildman–Crippen MR) is 134 cm³/mol. The van der Waals surface area contributed by atoms with Crippen LogP contribution in [-0.2, 0) is 26.1 Å². The minimum atomic E-state index is -1.12. The summed E-state index contributed by atoms with van der Waals surface area (Å²) in [4.78, 5) is 26.4. The molecular weight excluding hydrogens is 426 g/mol. The molecule has 3 aromatic carbocycles. The van der Waals surface area contributed by atoms with Crippen molar-refractivity contribution >= 4 is 12.1 Å². The van der Waals surface area contributed by atoms with Crippen molar-refractivity contribution in [2.75, 3.05) is 7.11 Å². The minimum absolute atomic E-state index is 0.293. The molecular formula is C29H33NO4. The second kappa shape index (κ2) is 11.0. The Morgan fingerprint density at radius 3 is 1.71 bits per heavy atom. The Hall–Kier alpha value is -3.60. The SMILES string of the molecule is COC(=O)C(CC(Cc1ccccc1)NC(=O)OC(C)(C)C)(c1ccccc1)c1ccccc1. The molecule has 0 fully saturated rings. The van der Waals surface area contributed by atoms with E-state index >= 15 is 0 Å². The number of alkyl carbamates (subject to hydrolysis) is 1. The van der Waals surface area contributed by atoms with Crippen LogP contribution in [-0.4, -0.2) is 30.8 Å². The lowest BCUT2D eigenvalue weighted by atomic mass is 9.69. The molecule has 0 radical (unpaired) electrons. The molecule has 1 N–H and O–H groups in total. The molecule has 1 atom stereocenters. The molecule has 1 amide bonds. The average Bonchev–Trinajstić information content (AvgIpc) is 2.82. The number of ether oxygens (including phenoxy) is 2. The van der Waals surface area contributed by atoms with Crippen LogP contribution >= 0.6 is 0 Å². The van der Waals surface area contributed by atoms with Crippen molar-refractivity contribution in [3.05, 3.63) is 108 Å². The number of amides is 1. The second-order valence-electron chi connectivity index (χ2n) is 9.37. The number of esters is 1. The first kappa shape index (κ1) is 25.0. The number of hydrogen-bond donors (Lipinski definition) is 1. The summed E-state index contributed by atoms with van der Waals surface area (Å²) in [7, 11) is 1.40. The van der Waals surface area contributed by atoms with Crippen LogP contribution in [0, 0.1) is 0 Å². The lowest BCUT2D eigenvalue weighted by Crippen LogP contribution is -2.48. The van der Waals surface area contributed by atoms with Crippen molar-refractivity contribution in [1.29, 1.82) is 0 Å². The van der Waals surface area contributed by atoms with Crippen molar-refractivity contribution in [2.45, 2.75) is 50.7 Å². The summed E-state index contributed by atoms with van der Waals surface area (Å²) >= 11 is 0. The van der Waals surface area contributed by atoms with E-state index in [4.69, 9.17) is 9.47 Å². The molecule has 0 aromatic heterocycles. The normalized spacial score (nSPS) is 12.5. The van der Waals surface area contributed by atoms with Gasteiger partial charge in [0, 0.05) is 6.04 Å². The first-order chi connectivity index (χ1) is 16.2. The van der Waals surface area contributed by atoms with E-state index in [1.165, 1.54) is 7.11 Å². The van der Waals surface area contributed by atoms with E-state index in [-0.39, 0.29) is 5.97 Å². The van der Waals surface area contributed by atoms with Gasteiger partial charge < -0.3 is 14.8 Å². The number of benzene rings is 3. The Bertz CT molecular complexity index is 1020. The van der Waals surface area contributed by atoms with E-state index < -0.39 is 23.2 Å². The Morgan fingerprint density at radius 1 is 0.794 bits per heavy atom. The fourth-order valence-corrected chi connectivity index (χ4v) is 4.26. The van der Waals surface area contributed by atoms with E-state index in [0.717, 1.165) is 16.7 Å². The highest BCUT2D eigenvalue weighted by atomic mass is 16.6. The largest absolute Gasteiger partial charge is 0.468 e. The number of hydrogen-bond acceptors (Lipinski definition) is 4. The lowest BCUT2D eigenvalue weighted by Gasteiger charge is -2.36. The van der Waals surface area contributed by atoms with Crippen LogP contribution in [0.4, 0.5) is 4.79 Å². The quantitative estimate of drug-likeness (QED) is 0.441. The maximum Gasteiger partial charge on any atom is 0.407 e. The van der Waals surface area contributed by atoms with Gasteiger partial charge in [-0.15, -0.1) is 0 Å². The van der Waals surface area contributed by atoms with Crippen molar-refractivity contribution in [2.24, 2.45) is 0 Å². The smallest absolute Gasteiger partial charge is 0.407 e. The molecule has 0 aliphatic carbocycles. The van der Waals surface area contributed by atoms with Crippen molar-refractivity contribution in [3.63, 3.8) is 0 Å². The molecule has 34 heavy (non-hydrogen) atoms. The van der Waals surface area contributed by atoms with Crippen LogP contribution in [0.25, 0.3) is 0 Å². The van der Waals surface area contributed by atoms with E-state index in [1.54, 1.807) is 0 Å². The maximum atomic E-state index is 13.6. The predicted octanol–water partition coefficient (Wildman–Crippen LogP) is 5.67. The van der Waals surface area contributed by atoms with Crippen molar-refractivity contribution in [3.8, 4) is 0 Å². The highest BCUT2D eigenvalue weighted by Crippen LogP contribution is 2.39. The number of rotatable bonds is 8. The van der Waals surface area contributed by atoms with Crippen LogP contribution in [0.3, 0.4) is 0 Å². The second-order valence-corrected chi connectivity index (χ2v) is 9.37. The molecule has 0 bridgehead atoms. The summed E-state index contributed by atoms with van der Waals surface area (Å²) in [6.07, 6.45) is 0.300. The first-order valence-electron chi connectivity index (χ1n) is 11.5. The molecule has 5 nitrogen and oxygen atoms in total. The molecule has 178 valence electrons. The number of carbonyl (C=O) groups excluding carboxylic acids is 2. The summed E-state index contributed by atoms with van der Waals surface area (Å²) in [5, 5.41) is 3.03. The van der Waals surface area contributed by atoms with Gasteiger partial charge in [-0.2, -0.15) is 0 Å². The van der Waals surface area contributed by atoms with Gasteiger partial charge in [-0.1, -0.05) is 91.0 Å². The van der Waals surface area contributed by atoms with Crippen LogP contribution in [0.15, 0.2) is 91.0 Å². The summed E-state index contributed by atoms with van der Waals surface area (Å²) in [5.41, 5.74) is 0.892. The maximum absolute atomic E-state index is 13.6. The molecule has 3 aromatic rings. The standard InChI is InChI=1S/C29H33NO4/c1-28(2,3)34-27(32)30-25(20-22-14-8-5-9-15-22)21-29(26(31)33-4,23-16-10-6-11-17-23)24-18-12-7-13-19-24/h5-19,25H,20-21H2,1-4H3,(H,30,32). The molecule has 1 unspecified atom stereocenters. The van der Waals surface area contributed by atoms with Gasteiger partial charge in [0.15, 0.2) is 0 Å². The van der Waals surface area contributed by atoms with Gasteiger partial charge in [-0.3, -0.25) is 4.79 Å². The van der Waals surface area contributed by atoms with Gasteiger partial charge in [0.05, 0.1) is 7.11 Å². The highest BCUT2D eigenvalue weighted by molar-refractivity contribution is 5.88. The monoisotopic (exact) mass is 459 g/mol. The minimum Gasteiger partial charge on any atom is -0.468 e. The van der Waals surface area contributed by atoms with Gasteiger partial charge in [-0.05, 0) is 50.3 Å². The van der Waals surface area contributed by atoms with Crippen LogP contribution in [0.1, 0.15) is 43.9 Å². The number of methoxy groups -OCH3 is 1. The third kappa shape index (κ3) is 6.25. The van der Waals surface area contributed by atoms with E-state index in [0.29, 0.717) is 12.8 Å². The Labute approximate surface area is 202 Å². The summed E-state index contributed by atoms with van der Waals surface area (Å²) in [5.74, 6) is -0.381. The van der Waals surface area contributed by atoms with E-state index in [2.05, 4.69) is 5.32 Å². The molecule has 0 saturated heterocycles. The molecule has 0 spiro atoms. The summed E-state index contributed by atoms with van der Waals surface area (Å²) < 4.78 is 10.9. The number of nitrogens with one attached hydrogen (secondary N) is 1. The Kier molecular flexibility index (Phi) is 8.11. The molecule has 0 heterocycles.